The summed E-state index contributed by atoms with van der Waals surface area (Å²) in [5.74, 6) is -0.667. The molecule has 0 aliphatic heterocycles. The Bertz CT molecular complexity index is 519. The molecule has 0 radical (unpaired) electrons. The number of sulfonamides is 1. The fourth-order valence-electron chi connectivity index (χ4n) is 1.08. The molecule has 0 bridgehead atoms. The van der Waals surface area contributed by atoms with Gasteiger partial charge >= 0.3 is 0 Å². The summed E-state index contributed by atoms with van der Waals surface area (Å²) in [6.45, 7) is 1.74. The van der Waals surface area contributed by atoms with Crippen LogP contribution in [0, 0.1) is 0 Å². The molecule has 0 aromatic carbocycles. The Hall–Kier alpha value is -0.660. The van der Waals surface area contributed by atoms with Gasteiger partial charge in [-0.3, -0.25) is 4.79 Å². The van der Waals surface area contributed by atoms with Crippen LogP contribution in [0.15, 0.2) is 22.0 Å². The molecule has 0 aliphatic rings. The SMILES string of the molecule is CCCS(=O)(=O)NC(=O)C=Cc1cc(Br)cs1. The average Bonchev–Trinajstić information content (AvgIpc) is 2.60. The van der Waals surface area contributed by atoms with Crippen molar-refractivity contribution in [2.75, 3.05) is 5.75 Å². The van der Waals surface area contributed by atoms with Gasteiger partial charge in [0, 0.05) is 20.8 Å². The summed E-state index contributed by atoms with van der Waals surface area (Å²) in [5, 5.41) is 1.88. The van der Waals surface area contributed by atoms with Crippen LogP contribution >= 0.6 is 27.3 Å². The van der Waals surface area contributed by atoms with Crippen LogP contribution in [-0.4, -0.2) is 20.1 Å². The highest BCUT2D eigenvalue weighted by atomic mass is 79.9. The van der Waals surface area contributed by atoms with Crippen LogP contribution in [0.4, 0.5) is 0 Å². The molecule has 0 atom stereocenters. The highest BCUT2D eigenvalue weighted by molar-refractivity contribution is 9.10. The highest BCUT2D eigenvalue weighted by Gasteiger charge is 2.10. The van der Waals surface area contributed by atoms with E-state index in [-0.39, 0.29) is 5.75 Å². The molecule has 0 saturated carbocycles. The number of hydrogen-bond acceptors (Lipinski definition) is 4. The minimum absolute atomic E-state index is 0.0445. The Kier molecular flexibility index (Phi) is 5.35. The number of carbonyl (C=O) groups excluding carboxylic acids is 1. The van der Waals surface area contributed by atoms with E-state index in [1.807, 2.05) is 16.2 Å². The zero-order valence-electron chi connectivity index (χ0n) is 9.14. The molecule has 0 fully saturated rings. The molecular weight excluding hydrogens is 326 g/mol. The van der Waals surface area contributed by atoms with Crippen LogP contribution in [0.25, 0.3) is 6.08 Å². The topological polar surface area (TPSA) is 63.2 Å². The molecule has 0 unspecified atom stereocenters. The summed E-state index contributed by atoms with van der Waals surface area (Å²) in [7, 11) is -3.49. The quantitative estimate of drug-likeness (QED) is 0.839. The number of carbonyl (C=O) groups is 1. The summed E-state index contributed by atoms with van der Waals surface area (Å²) in [4.78, 5) is 12.2. The van der Waals surface area contributed by atoms with Crippen LogP contribution in [0.5, 0.6) is 0 Å². The Morgan fingerprint density at radius 2 is 2.29 bits per heavy atom. The molecule has 1 heterocycles. The first-order valence-corrected chi connectivity index (χ1v) is 8.22. The van der Waals surface area contributed by atoms with E-state index in [9.17, 15) is 13.2 Å². The van der Waals surface area contributed by atoms with E-state index in [2.05, 4.69) is 15.9 Å². The number of amides is 1. The minimum atomic E-state index is -3.49. The van der Waals surface area contributed by atoms with Crippen molar-refractivity contribution in [2.45, 2.75) is 13.3 Å². The minimum Gasteiger partial charge on any atom is -0.269 e. The number of rotatable bonds is 5. The molecule has 0 spiro atoms. The smallest absolute Gasteiger partial charge is 0.257 e. The van der Waals surface area contributed by atoms with E-state index >= 15 is 0 Å². The Morgan fingerprint density at radius 3 is 2.82 bits per heavy atom. The van der Waals surface area contributed by atoms with Gasteiger partial charge in [0.1, 0.15) is 0 Å². The highest BCUT2D eigenvalue weighted by Crippen LogP contribution is 2.20. The van der Waals surface area contributed by atoms with Crippen molar-refractivity contribution in [1.82, 2.24) is 4.72 Å². The summed E-state index contributed by atoms with van der Waals surface area (Å²) < 4.78 is 25.5. The van der Waals surface area contributed by atoms with Crippen molar-refractivity contribution in [3.05, 3.63) is 26.9 Å². The van der Waals surface area contributed by atoms with E-state index in [1.54, 1.807) is 13.0 Å². The lowest BCUT2D eigenvalue weighted by molar-refractivity contribution is -0.114. The number of hydrogen-bond donors (Lipinski definition) is 1. The number of thiophene rings is 1. The lowest BCUT2D eigenvalue weighted by Crippen LogP contribution is -2.30. The first-order valence-electron chi connectivity index (χ1n) is 4.89. The van der Waals surface area contributed by atoms with Crippen LogP contribution in [0.1, 0.15) is 18.2 Å². The summed E-state index contributed by atoms with van der Waals surface area (Å²) in [5.41, 5.74) is 0. The van der Waals surface area contributed by atoms with Crippen molar-refractivity contribution in [2.24, 2.45) is 0 Å². The molecule has 1 amide bonds. The third-order valence-electron chi connectivity index (χ3n) is 1.72. The maximum absolute atomic E-state index is 11.3. The molecule has 0 aliphatic carbocycles. The molecule has 0 saturated heterocycles. The molecule has 1 aromatic heterocycles. The first kappa shape index (κ1) is 14.4. The molecule has 94 valence electrons. The standard InChI is InChI=1S/C10H12BrNO3S2/c1-2-5-17(14,15)12-10(13)4-3-9-6-8(11)7-16-9/h3-4,6-7H,2,5H2,1H3,(H,12,13). The lowest BCUT2D eigenvalue weighted by atomic mass is 10.4. The van der Waals surface area contributed by atoms with Gasteiger partial charge in [0.2, 0.25) is 10.0 Å². The summed E-state index contributed by atoms with van der Waals surface area (Å²) in [6, 6.07) is 1.84. The molecule has 1 aromatic rings. The van der Waals surface area contributed by atoms with E-state index in [0.29, 0.717) is 6.42 Å². The van der Waals surface area contributed by atoms with Crippen LogP contribution in [-0.2, 0) is 14.8 Å². The molecule has 17 heavy (non-hydrogen) atoms. The lowest BCUT2D eigenvalue weighted by Gasteiger charge is -2.01. The van der Waals surface area contributed by atoms with Gasteiger partial charge in [-0.1, -0.05) is 6.92 Å². The van der Waals surface area contributed by atoms with Gasteiger partial charge in [0.25, 0.3) is 5.91 Å². The summed E-state index contributed by atoms with van der Waals surface area (Å²) >= 11 is 4.75. The molecular formula is C10H12BrNO3S2. The second-order valence-electron chi connectivity index (χ2n) is 3.29. The average molecular weight is 338 g/mol. The fraction of sp³-hybridized carbons (Fsp3) is 0.300. The normalized spacial score (nSPS) is 11.9. The predicted octanol–water partition coefficient (Wildman–Crippen LogP) is 2.38. The maximum Gasteiger partial charge on any atom is 0.257 e. The van der Waals surface area contributed by atoms with Crippen molar-refractivity contribution in [1.29, 1.82) is 0 Å². The molecule has 7 heteroatoms. The van der Waals surface area contributed by atoms with Gasteiger partial charge in [-0.2, -0.15) is 0 Å². The van der Waals surface area contributed by atoms with Crippen molar-refractivity contribution in [3.8, 4) is 0 Å². The van der Waals surface area contributed by atoms with E-state index in [0.717, 1.165) is 9.35 Å². The van der Waals surface area contributed by atoms with Gasteiger partial charge in [-0.15, -0.1) is 11.3 Å². The second-order valence-corrected chi connectivity index (χ2v) is 6.99. The van der Waals surface area contributed by atoms with E-state index in [4.69, 9.17) is 0 Å². The maximum atomic E-state index is 11.3. The van der Waals surface area contributed by atoms with Gasteiger partial charge < -0.3 is 0 Å². The Balaban J connectivity index is 2.58. The van der Waals surface area contributed by atoms with Gasteiger partial charge in [0.05, 0.1) is 5.75 Å². The number of halogens is 1. The zero-order valence-corrected chi connectivity index (χ0v) is 12.4. The molecule has 1 N–H and O–H groups in total. The summed E-state index contributed by atoms with van der Waals surface area (Å²) in [6.07, 6.45) is 3.27. The van der Waals surface area contributed by atoms with Crippen LogP contribution in [0.3, 0.4) is 0 Å². The van der Waals surface area contributed by atoms with Crippen molar-refractivity contribution < 1.29 is 13.2 Å². The van der Waals surface area contributed by atoms with E-state index < -0.39 is 15.9 Å². The Morgan fingerprint density at radius 1 is 1.59 bits per heavy atom. The van der Waals surface area contributed by atoms with Crippen LogP contribution < -0.4 is 4.72 Å². The third-order valence-corrected chi connectivity index (χ3v) is 4.83. The largest absolute Gasteiger partial charge is 0.269 e. The monoisotopic (exact) mass is 337 g/mol. The Labute approximate surface area is 113 Å². The predicted molar refractivity (Wildman–Crippen MR) is 73.3 cm³/mol. The zero-order chi connectivity index (χ0) is 12.9. The second kappa shape index (κ2) is 6.32. The fourth-order valence-corrected chi connectivity index (χ4v) is 3.43. The molecule has 1 rings (SSSR count). The van der Waals surface area contributed by atoms with Gasteiger partial charge in [-0.25, -0.2) is 13.1 Å². The van der Waals surface area contributed by atoms with Gasteiger partial charge in [-0.05, 0) is 34.5 Å². The van der Waals surface area contributed by atoms with Crippen molar-refractivity contribution >= 4 is 49.3 Å². The van der Waals surface area contributed by atoms with Crippen molar-refractivity contribution in [3.63, 3.8) is 0 Å². The first-order chi connectivity index (χ1) is 7.93. The van der Waals surface area contributed by atoms with Crippen LogP contribution in [0.2, 0.25) is 0 Å². The third kappa shape index (κ3) is 5.47. The molecule has 4 nitrogen and oxygen atoms in total. The van der Waals surface area contributed by atoms with E-state index in [1.165, 1.54) is 17.4 Å². The van der Waals surface area contributed by atoms with Gasteiger partial charge in [0.15, 0.2) is 0 Å². The number of nitrogens with one attached hydrogen (secondary N) is 1.